The summed E-state index contributed by atoms with van der Waals surface area (Å²) in [5, 5.41) is 3.20. The van der Waals surface area contributed by atoms with Gasteiger partial charge < -0.3 is 9.88 Å². The third-order valence-corrected chi connectivity index (χ3v) is 3.46. The van der Waals surface area contributed by atoms with Crippen LogP contribution in [0.15, 0.2) is 30.6 Å². The Kier molecular flexibility index (Phi) is 2.78. The molecule has 20 heavy (non-hydrogen) atoms. The first-order valence-electron chi connectivity index (χ1n) is 6.24. The van der Waals surface area contributed by atoms with E-state index in [0.717, 1.165) is 16.4 Å². The minimum atomic E-state index is -0.259. The largest absolute Gasteiger partial charge is 0.378 e. The van der Waals surface area contributed by atoms with E-state index in [0.29, 0.717) is 17.7 Å². The van der Waals surface area contributed by atoms with Crippen LogP contribution in [0, 0.1) is 0 Å². The standard InChI is InChI=1S/C14H14N4O2/c1-17-6-5-15-12(17)8-16-9-3-4-10-11(7-9)14(20)18(2)13(10)19/h3-7,16H,8H2,1-2H3. The highest BCUT2D eigenvalue weighted by atomic mass is 16.2. The summed E-state index contributed by atoms with van der Waals surface area (Å²) in [6, 6.07) is 5.19. The fourth-order valence-corrected chi connectivity index (χ4v) is 2.22. The molecule has 0 saturated heterocycles. The van der Waals surface area contributed by atoms with E-state index in [4.69, 9.17) is 0 Å². The van der Waals surface area contributed by atoms with Crippen LogP contribution in [0.2, 0.25) is 0 Å². The molecule has 0 fully saturated rings. The van der Waals surface area contributed by atoms with Crippen LogP contribution in [0.25, 0.3) is 0 Å². The minimum absolute atomic E-state index is 0.249. The van der Waals surface area contributed by atoms with Gasteiger partial charge in [0.25, 0.3) is 11.8 Å². The second-order valence-electron chi connectivity index (χ2n) is 4.74. The van der Waals surface area contributed by atoms with Crippen LogP contribution >= 0.6 is 0 Å². The maximum atomic E-state index is 11.9. The van der Waals surface area contributed by atoms with Gasteiger partial charge in [0.15, 0.2) is 0 Å². The summed E-state index contributed by atoms with van der Waals surface area (Å²) >= 11 is 0. The molecular formula is C14H14N4O2. The first-order valence-corrected chi connectivity index (χ1v) is 6.24. The Bertz CT molecular complexity index is 705. The summed E-state index contributed by atoms with van der Waals surface area (Å²) in [7, 11) is 3.41. The third kappa shape index (κ3) is 1.85. The number of amides is 2. The molecule has 1 aliphatic heterocycles. The summed E-state index contributed by atoms with van der Waals surface area (Å²) in [4.78, 5) is 29.0. The molecule has 2 heterocycles. The summed E-state index contributed by atoms with van der Waals surface area (Å²) < 4.78 is 1.92. The molecular weight excluding hydrogens is 256 g/mol. The lowest BCUT2D eigenvalue weighted by atomic mass is 10.1. The van der Waals surface area contributed by atoms with E-state index in [-0.39, 0.29) is 11.8 Å². The van der Waals surface area contributed by atoms with Crippen LogP contribution in [0.1, 0.15) is 26.5 Å². The summed E-state index contributed by atoms with van der Waals surface area (Å²) in [5.74, 6) is 0.385. The van der Waals surface area contributed by atoms with Gasteiger partial charge in [-0.25, -0.2) is 4.98 Å². The van der Waals surface area contributed by atoms with Crippen molar-refractivity contribution in [2.45, 2.75) is 6.54 Å². The van der Waals surface area contributed by atoms with Gasteiger partial charge in [-0.2, -0.15) is 0 Å². The van der Waals surface area contributed by atoms with E-state index in [9.17, 15) is 9.59 Å². The highest BCUT2D eigenvalue weighted by Crippen LogP contribution is 2.24. The number of nitrogens with one attached hydrogen (secondary N) is 1. The van der Waals surface area contributed by atoms with Gasteiger partial charge in [-0.05, 0) is 18.2 Å². The number of rotatable bonds is 3. The van der Waals surface area contributed by atoms with Crippen molar-refractivity contribution in [1.82, 2.24) is 14.5 Å². The topological polar surface area (TPSA) is 67.2 Å². The molecule has 6 nitrogen and oxygen atoms in total. The highest BCUT2D eigenvalue weighted by molar-refractivity contribution is 6.21. The van der Waals surface area contributed by atoms with E-state index < -0.39 is 0 Å². The van der Waals surface area contributed by atoms with Gasteiger partial charge in [0.05, 0.1) is 17.7 Å². The Morgan fingerprint density at radius 2 is 1.90 bits per heavy atom. The molecule has 1 aromatic carbocycles. The monoisotopic (exact) mass is 270 g/mol. The molecule has 1 aromatic heterocycles. The Morgan fingerprint density at radius 3 is 2.60 bits per heavy atom. The van der Waals surface area contributed by atoms with Crippen LogP contribution in [-0.4, -0.2) is 33.3 Å². The number of hydrogen-bond acceptors (Lipinski definition) is 4. The first-order chi connectivity index (χ1) is 9.58. The Hall–Kier alpha value is -2.63. The number of benzene rings is 1. The summed E-state index contributed by atoms with van der Waals surface area (Å²) in [6.45, 7) is 0.556. The van der Waals surface area contributed by atoms with Crippen LogP contribution in [0.5, 0.6) is 0 Å². The van der Waals surface area contributed by atoms with Crippen molar-refractivity contribution in [2.24, 2.45) is 7.05 Å². The number of imidazole rings is 1. The maximum Gasteiger partial charge on any atom is 0.261 e. The highest BCUT2D eigenvalue weighted by Gasteiger charge is 2.32. The molecule has 1 aliphatic rings. The zero-order chi connectivity index (χ0) is 14.3. The molecule has 0 spiro atoms. The molecule has 0 radical (unpaired) electrons. The fraction of sp³-hybridized carbons (Fsp3) is 0.214. The van der Waals surface area contributed by atoms with Crippen LogP contribution in [0.3, 0.4) is 0 Å². The van der Waals surface area contributed by atoms with Crippen molar-refractivity contribution in [1.29, 1.82) is 0 Å². The fourth-order valence-electron chi connectivity index (χ4n) is 2.22. The van der Waals surface area contributed by atoms with Gasteiger partial charge in [-0.1, -0.05) is 0 Å². The van der Waals surface area contributed by atoms with Gasteiger partial charge in [-0.15, -0.1) is 0 Å². The number of fused-ring (bicyclic) bond motifs is 1. The average Bonchev–Trinajstić information content (AvgIpc) is 2.95. The number of carbonyl (C=O) groups is 2. The lowest BCUT2D eigenvalue weighted by Gasteiger charge is -2.07. The zero-order valence-corrected chi connectivity index (χ0v) is 11.3. The second-order valence-corrected chi connectivity index (χ2v) is 4.74. The van der Waals surface area contributed by atoms with E-state index in [1.165, 1.54) is 7.05 Å². The molecule has 0 saturated carbocycles. The van der Waals surface area contributed by atoms with Crippen molar-refractivity contribution in [3.05, 3.63) is 47.5 Å². The Morgan fingerprint density at radius 1 is 1.15 bits per heavy atom. The van der Waals surface area contributed by atoms with Crippen molar-refractivity contribution >= 4 is 17.5 Å². The van der Waals surface area contributed by atoms with Gasteiger partial charge in [0.2, 0.25) is 0 Å². The van der Waals surface area contributed by atoms with Gasteiger partial charge in [0, 0.05) is 32.2 Å². The van der Waals surface area contributed by atoms with Crippen molar-refractivity contribution < 1.29 is 9.59 Å². The third-order valence-electron chi connectivity index (χ3n) is 3.46. The molecule has 0 unspecified atom stereocenters. The second kappa shape index (κ2) is 4.48. The summed E-state index contributed by atoms with van der Waals surface area (Å²) in [5.41, 5.74) is 1.70. The number of aromatic nitrogens is 2. The first kappa shape index (κ1) is 12.4. The van der Waals surface area contributed by atoms with Gasteiger partial charge >= 0.3 is 0 Å². The van der Waals surface area contributed by atoms with Crippen molar-refractivity contribution in [2.75, 3.05) is 12.4 Å². The predicted molar refractivity (Wildman–Crippen MR) is 73.4 cm³/mol. The zero-order valence-electron chi connectivity index (χ0n) is 11.3. The SMILES string of the molecule is CN1C(=O)c2ccc(NCc3nccn3C)cc2C1=O. The van der Waals surface area contributed by atoms with Gasteiger partial charge in [0.1, 0.15) is 5.82 Å². The molecule has 0 atom stereocenters. The average molecular weight is 270 g/mol. The van der Waals surface area contributed by atoms with Crippen LogP contribution in [0.4, 0.5) is 5.69 Å². The predicted octanol–water partition coefficient (Wildman–Crippen LogP) is 1.26. The molecule has 102 valence electrons. The molecule has 0 aliphatic carbocycles. The molecule has 0 bridgehead atoms. The molecule has 3 rings (SSSR count). The number of carbonyl (C=O) groups excluding carboxylic acids is 2. The minimum Gasteiger partial charge on any atom is -0.378 e. The van der Waals surface area contributed by atoms with E-state index >= 15 is 0 Å². The Labute approximate surface area is 116 Å². The van der Waals surface area contributed by atoms with Crippen LogP contribution in [-0.2, 0) is 13.6 Å². The normalized spacial score (nSPS) is 13.8. The van der Waals surface area contributed by atoms with Crippen molar-refractivity contribution in [3.8, 4) is 0 Å². The molecule has 2 amide bonds. The lowest BCUT2D eigenvalue weighted by molar-refractivity contribution is 0.0693. The van der Waals surface area contributed by atoms with Gasteiger partial charge in [-0.3, -0.25) is 14.5 Å². The summed E-state index contributed by atoms with van der Waals surface area (Å²) in [6.07, 6.45) is 3.60. The maximum absolute atomic E-state index is 11.9. The molecule has 2 aromatic rings. The smallest absolute Gasteiger partial charge is 0.261 e. The van der Waals surface area contributed by atoms with Crippen LogP contribution < -0.4 is 5.32 Å². The molecule has 6 heteroatoms. The van der Waals surface area contributed by atoms with E-state index in [1.54, 1.807) is 24.4 Å². The number of imide groups is 1. The number of aryl methyl sites for hydroxylation is 1. The number of anilines is 1. The Balaban J connectivity index is 1.82. The quantitative estimate of drug-likeness (QED) is 0.853. The lowest BCUT2D eigenvalue weighted by Crippen LogP contribution is -2.24. The number of nitrogens with zero attached hydrogens (tertiary/aromatic N) is 3. The van der Waals surface area contributed by atoms with Crippen molar-refractivity contribution in [3.63, 3.8) is 0 Å². The molecule has 1 N–H and O–H groups in total. The number of hydrogen-bond donors (Lipinski definition) is 1. The van der Waals surface area contributed by atoms with E-state index in [2.05, 4.69) is 10.3 Å². The van der Waals surface area contributed by atoms with E-state index in [1.807, 2.05) is 17.8 Å².